The van der Waals surface area contributed by atoms with Crippen molar-refractivity contribution in [1.29, 1.82) is 0 Å². The lowest BCUT2D eigenvalue weighted by molar-refractivity contribution is 0.129. The number of aliphatic hydroxyl groups is 1. The van der Waals surface area contributed by atoms with Crippen LogP contribution in [0.4, 0.5) is 0 Å². The first-order valence-electron chi connectivity index (χ1n) is 5.36. The van der Waals surface area contributed by atoms with Crippen molar-refractivity contribution < 1.29 is 13.5 Å². The number of nitrogens with zero attached hydrogens (tertiary/aromatic N) is 1. The molecule has 1 rings (SSSR count). The average Bonchev–Trinajstić information content (AvgIpc) is 2.67. The Morgan fingerprint density at radius 1 is 1.33 bits per heavy atom. The van der Waals surface area contributed by atoms with Gasteiger partial charge < -0.3 is 5.11 Å². The maximum atomic E-state index is 11.7. The number of hydrogen-bond donors (Lipinski definition) is 2. The van der Waals surface area contributed by atoms with Gasteiger partial charge in [0.2, 0.25) is 0 Å². The number of rotatable bonds is 5. The van der Waals surface area contributed by atoms with E-state index in [0.29, 0.717) is 13.1 Å². The summed E-state index contributed by atoms with van der Waals surface area (Å²) in [6.45, 7) is 4.99. The van der Waals surface area contributed by atoms with Crippen LogP contribution in [0.3, 0.4) is 0 Å². The molecule has 0 aliphatic carbocycles. The average molecular weight is 236 g/mol. The van der Waals surface area contributed by atoms with Gasteiger partial charge in [-0.05, 0) is 18.8 Å². The molecular formula is C9H20N2O3S. The first-order valence-corrected chi connectivity index (χ1v) is 6.80. The van der Waals surface area contributed by atoms with Crippen LogP contribution in [0.25, 0.3) is 0 Å². The second-order valence-corrected chi connectivity index (χ2v) is 6.03. The lowest BCUT2D eigenvalue weighted by Gasteiger charge is -2.19. The smallest absolute Gasteiger partial charge is 0.279 e. The topological polar surface area (TPSA) is 69.6 Å². The van der Waals surface area contributed by atoms with Crippen LogP contribution in [0.2, 0.25) is 0 Å². The van der Waals surface area contributed by atoms with E-state index in [1.807, 2.05) is 13.8 Å². The Labute approximate surface area is 91.7 Å². The zero-order valence-corrected chi connectivity index (χ0v) is 10.1. The maximum absolute atomic E-state index is 11.7. The molecule has 1 aliphatic rings. The minimum atomic E-state index is -3.37. The summed E-state index contributed by atoms with van der Waals surface area (Å²) in [5.41, 5.74) is 0. The van der Waals surface area contributed by atoms with Gasteiger partial charge in [0.25, 0.3) is 10.2 Å². The second-order valence-electron chi connectivity index (χ2n) is 4.27. The molecule has 1 unspecified atom stereocenters. The first kappa shape index (κ1) is 12.9. The molecule has 1 atom stereocenters. The van der Waals surface area contributed by atoms with E-state index in [0.717, 1.165) is 12.8 Å². The third-order valence-electron chi connectivity index (χ3n) is 2.65. The fraction of sp³-hybridized carbons (Fsp3) is 1.00. The highest BCUT2D eigenvalue weighted by molar-refractivity contribution is 7.87. The highest BCUT2D eigenvalue weighted by Crippen LogP contribution is 2.11. The van der Waals surface area contributed by atoms with E-state index in [-0.39, 0.29) is 12.5 Å². The SMILES string of the molecule is CC(C)C(O)CNS(=O)(=O)N1CCCC1. The molecule has 0 bridgehead atoms. The van der Waals surface area contributed by atoms with Gasteiger partial charge in [-0.15, -0.1) is 0 Å². The monoisotopic (exact) mass is 236 g/mol. The highest BCUT2D eigenvalue weighted by atomic mass is 32.2. The van der Waals surface area contributed by atoms with Crippen molar-refractivity contribution in [2.45, 2.75) is 32.8 Å². The zero-order valence-electron chi connectivity index (χ0n) is 9.31. The molecular weight excluding hydrogens is 216 g/mol. The van der Waals surface area contributed by atoms with Crippen LogP contribution in [-0.4, -0.2) is 43.6 Å². The molecule has 15 heavy (non-hydrogen) atoms. The molecule has 0 spiro atoms. The van der Waals surface area contributed by atoms with Crippen molar-refractivity contribution >= 4 is 10.2 Å². The lowest BCUT2D eigenvalue weighted by Crippen LogP contribution is -2.43. The summed E-state index contributed by atoms with van der Waals surface area (Å²) in [6.07, 6.45) is 1.23. The van der Waals surface area contributed by atoms with Gasteiger partial charge in [-0.25, -0.2) is 0 Å². The molecule has 6 heteroatoms. The normalized spacial score (nSPS) is 21.1. The van der Waals surface area contributed by atoms with Crippen LogP contribution in [0.1, 0.15) is 26.7 Å². The van der Waals surface area contributed by atoms with Gasteiger partial charge in [0.05, 0.1) is 6.10 Å². The Morgan fingerprint density at radius 3 is 2.33 bits per heavy atom. The minimum Gasteiger partial charge on any atom is -0.391 e. The van der Waals surface area contributed by atoms with Gasteiger partial charge in [0, 0.05) is 19.6 Å². The molecule has 0 aromatic carbocycles. The Kier molecular flexibility index (Phi) is 4.51. The molecule has 0 saturated carbocycles. The van der Waals surface area contributed by atoms with E-state index < -0.39 is 16.3 Å². The van der Waals surface area contributed by atoms with Crippen LogP contribution in [0.15, 0.2) is 0 Å². The fourth-order valence-electron chi connectivity index (χ4n) is 1.45. The molecule has 2 N–H and O–H groups in total. The van der Waals surface area contributed by atoms with Crippen molar-refractivity contribution in [2.24, 2.45) is 5.92 Å². The van der Waals surface area contributed by atoms with Crippen LogP contribution < -0.4 is 4.72 Å². The Bertz CT molecular complexity index is 284. The summed E-state index contributed by atoms with van der Waals surface area (Å²) in [4.78, 5) is 0. The van der Waals surface area contributed by atoms with Gasteiger partial charge in [-0.2, -0.15) is 17.4 Å². The van der Waals surface area contributed by atoms with Crippen LogP contribution >= 0.6 is 0 Å². The van der Waals surface area contributed by atoms with Gasteiger partial charge >= 0.3 is 0 Å². The quantitative estimate of drug-likeness (QED) is 0.702. The van der Waals surface area contributed by atoms with Crippen LogP contribution in [0, 0.1) is 5.92 Å². The maximum Gasteiger partial charge on any atom is 0.279 e. The van der Waals surface area contributed by atoms with Crippen LogP contribution in [0.5, 0.6) is 0 Å². The Balaban J connectivity index is 2.42. The molecule has 0 radical (unpaired) electrons. The van der Waals surface area contributed by atoms with Gasteiger partial charge in [0.1, 0.15) is 0 Å². The van der Waals surface area contributed by atoms with E-state index in [1.165, 1.54) is 4.31 Å². The first-order chi connectivity index (χ1) is 6.93. The third-order valence-corrected chi connectivity index (χ3v) is 4.23. The number of aliphatic hydroxyl groups excluding tert-OH is 1. The fourth-order valence-corrected chi connectivity index (χ4v) is 2.75. The molecule has 1 fully saturated rings. The van der Waals surface area contributed by atoms with Gasteiger partial charge in [-0.1, -0.05) is 13.8 Å². The summed E-state index contributed by atoms with van der Waals surface area (Å²) in [6, 6.07) is 0. The standard InChI is InChI=1S/C9H20N2O3S/c1-8(2)9(12)7-10-15(13,14)11-5-3-4-6-11/h8-10,12H,3-7H2,1-2H3. The molecule has 0 aromatic heterocycles. The summed E-state index contributed by atoms with van der Waals surface area (Å²) in [5, 5.41) is 9.49. The lowest BCUT2D eigenvalue weighted by atomic mass is 10.1. The summed E-state index contributed by atoms with van der Waals surface area (Å²) < 4.78 is 27.2. The van der Waals surface area contributed by atoms with Gasteiger partial charge in [0.15, 0.2) is 0 Å². The zero-order chi connectivity index (χ0) is 11.5. The van der Waals surface area contributed by atoms with Crippen molar-refractivity contribution in [3.8, 4) is 0 Å². The molecule has 1 aliphatic heterocycles. The van der Waals surface area contributed by atoms with E-state index in [4.69, 9.17) is 0 Å². The summed E-state index contributed by atoms with van der Waals surface area (Å²) >= 11 is 0. The van der Waals surface area contributed by atoms with E-state index in [2.05, 4.69) is 4.72 Å². The van der Waals surface area contributed by atoms with E-state index in [1.54, 1.807) is 0 Å². The minimum absolute atomic E-state index is 0.0614. The molecule has 5 nitrogen and oxygen atoms in total. The molecule has 0 amide bonds. The van der Waals surface area contributed by atoms with Crippen LogP contribution in [-0.2, 0) is 10.2 Å². The predicted molar refractivity (Wildman–Crippen MR) is 58.6 cm³/mol. The summed E-state index contributed by atoms with van der Waals surface area (Å²) in [7, 11) is -3.37. The van der Waals surface area contributed by atoms with Crippen molar-refractivity contribution in [1.82, 2.24) is 9.03 Å². The molecule has 90 valence electrons. The second kappa shape index (κ2) is 5.25. The Morgan fingerprint density at radius 2 is 1.87 bits per heavy atom. The number of nitrogens with one attached hydrogen (secondary N) is 1. The van der Waals surface area contributed by atoms with Crippen molar-refractivity contribution in [3.05, 3.63) is 0 Å². The molecule has 1 saturated heterocycles. The Hall–Kier alpha value is -0.170. The largest absolute Gasteiger partial charge is 0.391 e. The molecule has 1 heterocycles. The van der Waals surface area contributed by atoms with E-state index in [9.17, 15) is 13.5 Å². The van der Waals surface area contributed by atoms with E-state index >= 15 is 0 Å². The molecule has 0 aromatic rings. The predicted octanol–water partition coefficient (Wildman–Crippen LogP) is -0.0665. The third kappa shape index (κ3) is 3.71. The number of hydrogen-bond acceptors (Lipinski definition) is 3. The highest BCUT2D eigenvalue weighted by Gasteiger charge is 2.25. The van der Waals surface area contributed by atoms with Crippen molar-refractivity contribution in [3.63, 3.8) is 0 Å². The van der Waals surface area contributed by atoms with Gasteiger partial charge in [-0.3, -0.25) is 0 Å². The summed E-state index contributed by atoms with van der Waals surface area (Å²) in [5.74, 6) is 0.0614. The van der Waals surface area contributed by atoms with Crippen molar-refractivity contribution in [2.75, 3.05) is 19.6 Å².